The van der Waals surface area contributed by atoms with Crippen molar-refractivity contribution < 1.29 is 67.6 Å². The Morgan fingerprint density at radius 3 is 1.73 bits per heavy atom. The maximum Gasteiger partial charge on any atom is 0.338 e. The summed E-state index contributed by atoms with van der Waals surface area (Å²) in [7, 11) is 0. The molecule has 0 amide bonds. The third-order valence-corrected chi connectivity index (χ3v) is 20.0. The summed E-state index contributed by atoms with van der Waals surface area (Å²) in [6, 6.07) is 31.0. The van der Waals surface area contributed by atoms with Gasteiger partial charge in [0.25, 0.3) is 0 Å². The average molecular weight is 1570 g/mol. The van der Waals surface area contributed by atoms with Crippen LogP contribution < -0.4 is 0 Å². The van der Waals surface area contributed by atoms with Gasteiger partial charge in [-0.05, 0) is 163 Å². The van der Waals surface area contributed by atoms with Crippen molar-refractivity contribution in [2.24, 2.45) is 0 Å². The fourth-order valence-corrected chi connectivity index (χ4v) is 14.8. The van der Waals surface area contributed by atoms with Crippen molar-refractivity contribution >= 4 is 143 Å². The second kappa shape index (κ2) is 34.1. The number of benzene rings is 4. The van der Waals surface area contributed by atoms with Crippen molar-refractivity contribution in [1.29, 1.82) is 0 Å². The number of halogens is 5. The number of thiophene rings is 4. The van der Waals surface area contributed by atoms with E-state index in [1.54, 1.807) is 23.5 Å². The largest absolute Gasteiger partial charge is 0.462 e. The molecule has 3 saturated heterocycles. The van der Waals surface area contributed by atoms with Crippen LogP contribution >= 0.6 is 125 Å². The lowest BCUT2D eigenvalue weighted by Gasteiger charge is -2.25. The maximum atomic E-state index is 12.7. The van der Waals surface area contributed by atoms with Gasteiger partial charge >= 0.3 is 5.97 Å². The second-order valence-electron chi connectivity index (χ2n) is 19.2. The fourth-order valence-electron chi connectivity index (χ4n) is 9.40. The molecule has 4 aromatic heterocycles. The Bertz CT molecular complexity index is 3510. The molecule has 13 rings (SSSR count). The van der Waals surface area contributed by atoms with E-state index in [4.69, 9.17) is 43.0 Å². The van der Waals surface area contributed by atoms with Crippen molar-refractivity contribution in [3.63, 3.8) is 0 Å². The number of aliphatic hydroxyl groups is 3. The van der Waals surface area contributed by atoms with Crippen molar-refractivity contribution in [3.05, 3.63) is 222 Å². The molecule has 4 aromatic carbocycles. The van der Waals surface area contributed by atoms with Crippen LogP contribution in [-0.4, -0.2) is 99.4 Å². The van der Waals surface area contributed by atoms with E-state index >= 15 is 0 Å². The molecule has 5 aliphatic heterocycles. The smallest absolute Gasteiger partial charge is 0.338 e. The van der Waals surface area contributed by atoms with Crippen molar-refractivity contribution in [2.45, 2.75) is 64.2 Å². The quantitative estimate of drug-likeness (QED) is 0.0562. The van der Waals surface area contributed by atoms with E-state index in [-0.39, 0.29) is 57.4 Å². The highest BCUT2D eigenvalue weighted by molar-refractivity contribution is 9.11. The molecule has 2 unspecified atom stereocenters. The lowest BCUT2D eigenvalue weighted by Crippen LogP contribution is -2.17. The number of cyclic esters (lactones) is 1. The highest BCUT2D eigenvalue weighted by atomic mass is 79.9. The number of ketones is 1. The van der Waals surface area contributed by atoms with Gasteiger partial charge in [0.1, 0.15) is 12.2 Å². The van der Waals surface area contributed by atoms with E-state index in [1.165, 1.54) is 45.1 Å². The molecule has 0 saturated carbocycles. The number of hydrogen-bond acceptors (Lipinski definition) is 18. The van der Waals surface area contributed by atoms with Crippen molar-refractivity contribution in [2.75, 3.05) is 66.1 Å². The Kier molecular flexibility index (Phi) is 27.1. The van der Waals surface area contributed by atoms with Crippen LogP contribution in [0.4, 0.5) is 0 Å². The molecule has 0 aliphatic carbocycles. The van der Waals surface area contributed by atoms with Crippen LogP contribution in [0.2, 0.25) is 0 Å². The average Bonchev–Trinajstić information content (AvgIpc) is 4.57. The van der Waals surface area contributed by atoms with Gasteiger partial charge in [0.05, 0.1) is 77.9 Å². The molecule has 3 N–H and O–H groups in total. The summed E-state index contributed by atoms with van der Waals surface area (Å²) in [6.45, 7) is 5.09. The van der Waals surface area contributed by atoms with Gasteiger partial charge < -0.3 is 53.2 Å². The van der Waals surface area contributed by atoms with E-state index in [9.17, 15) is 24.6 Å². The molecule has 0 spiro atoms. The molecule has 0 bridgehead atoms. The Hall–Kier alpha value is -3.51. The third-order valence-electron chi connectivity index (χ3n) is 13.5. The number of esters is 1. The zero-order chi connectivity index (χ0) is 59.8. The molecular weight excluding hydrogens is 1510 g/mol. The maximum absolute atomic E-state index is 12.7. The minimum absolute atomic E-state index is 0. The third kappa shape index (κ3) is 18.6. The van der Waals surface area contributed by atoms with Crippen molar-refractivity contribution in [1.82, 2.24) is 0 Å². The monoisotopic (exact) mass is 1560 g/mol. The highest BCUT2D eigenvalue weighted by Gasteiger charge is 2.27. The molecule has 23 heteroatoms. The first-order valence-corrected chi connectivity index (χ1v) is 34.3. The standard InChI is InChI=1S/C16H17BrO4S.C16H15BrO4S.C14H11BrO2S.C9H7BrO2.C7H7BrO2S.CH4/c2*17-12-2-1-10(3-4-18)13(8-12)15(19)11-7-14(22-9-11)16-20-5-6-21-16;15-11-2-1-9-3-4-17-14(13(9)6-11)10-5-12(7-16)18-8-10;10-7-2-1-6-3-4-12-9(11)8(6)5-7;8-5-3-6(11-4-5)7-9-1-2-10-7;/h1-2,7-9,15-16,18-19H,3-6H2;1-2,7-9,16,18H,3-6H2;1-2,5-8,14H,3-4H2;1-2,5H,3-4H2;3-4,7H,1-2H2;1H4. The van der Waals surface area contributed by atoms with Crippen molar-refractivity contribution in [3.8, 4) is 0 Å². The number of aldehydes is 1. The Balaban J connectivity index is 0.000000143. The van der Waals surface area contributed by atoms with Gasteiger partial charge in [-0.25, -0.2) is 4.79 Å². The summed E-state index contributed by atoms with van der Waals surface area (Å²) < 4.78 is 48.1. The van der Waals surface area contributed by atoms with Gasteiger partial charge in [-0.1, -0.05) is 95.4 Å². The molecule has 0 radical (unpaired) electrons. The first kappa shape index (κ1) is 68.4. The van der Waals surface area contributed by atoms with E-state index in [2.05, 4.69) is 97.8 Å². The summed E-state index contributed by atoms with van der Waals surface area (Å²) in [5, 5.41) is 36.8. The van der Waals surface area contributed by atoms with Gasteiger partial charge in [0.2, 0.25) is 0 Å². The molecule has 8 aromatic rings. The van der Waals surface area contributed by atoms with Gasteiger partial charge in [0, 0.05) is 63.9 Å². The fraction of sp³-hybridized carbons (Fsp3) is 0.317. The van der Waals surface area contributed by atoms with Crippen LogP contribution in [0.1, 0.15) is 134 Å². The number of fused-ring (bicyclic) bond motifs is 2. The molecule has 3 fully saturated rings. The number of ether oxygens (including phenoxy) is 8. The zero-order valence-corrected chi connectivity index (χ0v) is 56.5. The molecule has 14 nitrogen and oxygen atoms in total. The summed E-state index contributed by atoms with van der Waals surface area (Å²) in [4.78, 5) is 38.4. The normalized spacial score (nSPS) is 16.7. The van der Waals surface area contributed by atoms with Crippen LogP contribution in [0.3, 0.4) is 0 Å². The number of carbonyl (C=O) groups excluding carboxylic acids is 3. The Labute approximate surface area is 557 Å². The molecule has 9 heterocycles. The SMILES string of the molecule is Brc1csc(C2OCCO2)c1.C.O=C(c1csc(C2OCCO2)c1)c1cc(Br)ccc1CCO.O=C1OCCc2ccc(Br)cc21.O=Cc1cc(C2OCCc3ccc(Br)cc32)cs1.OCCc1ccc(Br)cc1C(O)c1csc(C2OCCO2)c1. The van der Waals surface area contributed by atoms with E-state index < -0.39 is 6.10 Å². The predicted octanol–water partition coefficient (Wildman–Crippen LogP) is 15.8. The topological polar surface area (TPSA) is 186 Å². The van der Waals surface area contributed by atoms with E-state index in [1.807, 2.05) is 88.3 Å². The number of carbonyl (C=O) groups is 3. The summed E-state index contributed by atoms with van der Waals surface area (Å²) in [6.07, 6.45) is 2.08. The predicted molar refractivity (Wildman–Crippen MR) is 352 cm³/mol. The Morgan fingerprint density at radius 1 is 0.558 bits per heavy atom. The van der Waals surface area contributed by atoms with Gasteiger partial charge in [-0.2, -0.15) is 0 Å². The summed E-state index contributed by atoms with van der Waals surface area (Å²) in [5.41, 5.74) is 10.0. The van der Waals surface area contributed by atoms with Crippen LogP contribution in [0.15, 0.2) is 141 Å². The van der Waals surface area contributed by atoms with Crippen LogP contribution in [0, 0.1) is 0 Å². The molecule has 5 aliphatic rings. The Morgan fingerprint density at radius 2 is 1.10 bits per heavy atom. The van der Waals surface area contributed by atoms with Gasteiger partial charge in [-0.3, -0.25) is 9.59 Å². The molecule has 456 valence electrons. The van der Waals surface area contributed by atoms with E-state index in [0.717, 1.165) is 101 Å². The molecule has 2 atom stereocenters. The minimum Gasteiger partial charge on any atom is -0.462 e. The lowest BCUT2D eigenvalue weighted by molar-refractivity contribution is -0.0415. The second-order valence-corrected chi connectivity index (χ2v) is 27.5. The molecular formula is C63H61Br5O14S4. The zero-order valence-electron chi connectivity index (χ0n) is 45.3. The van der Waals surface area contributed by atoms with Crippen LogP contribution in [-0.2, 0) is 63.6 Å². The summed E-state index contributed by atoms with van der Waals surface area (Å²) in [5.74, 6) is -0.261. The van der Waals surface area contributed by atoms with Crippen LogP contribution in [0.5, 0.6) is 0 Å². The number of aliphatic hydroxyl groups excluding tert-OH is 3. The van der Waals surface area contributed by atoms with Crippen LogP contribution in [0.25, 0.3) is 0 Å². The minimum atomic E-state index is -0.731. The van der Waals surface area contributed by atoms with Gasteiger partial charge in [0.15, 0.2) is 30.9 Å². The summed E-state index contributed by atoms with van der Waals surface area (Å²) >= 11 is 23.1. The van der Waals surface area contributed by atoms with E-state index in [0.29, 0.717) is 75.8 Å². The first-order valence-electron chi connectivity index (χ1n) is 26.8. The molecule has 86 heavy (non-hydrogen) atoms. The lowest BCUT2D eigenvalue weighted by atomic mass is 9.94. The number of hydrogen-bond donors (Lipinski definition) is 3. The number of rotatable bonds is 13. The van der Waals surface area contributed by atoms with Gasteiger partial charge in [-0.15, -0.1) is 45.3 Å². The highest BCUT2D eigenvalue weighted by Crippen LogP contribution is 2.38. The first-order chi connectivity index (χ1) is 41.3.